The minimum absolute atomic E-state index is 0.0146. The molecule has 204 valence electrons. The maximum absolute atomic E-state index is 13.8. The predicted octanol–water partition coefficient (Wildman–Crippen LogP) is 3.64. The summed E-state index contributed by atoms with van der Waals surface area (Å²) in [5.41, 5.74) is 5.58. The minimum atomic E-state index is -4.67. The second-order valence-corrected chi connectivity index (χ2v) is 9.04. The van der Waals surface area contributed by atoms with E-state index in [-0.39, 0.29) is 22.9 Å². The van der Waals surface area contributed by atoms with Crippen LogP contribution in [0.4, 0.5) is 17.6 Å². The summed E-state index contributed by atoms with van der Waals surface area (Å²) in [7, 11) is 1.75. The number of benzene rings is 2. The molecule has 4 N–H and O–H groups in total. The number of aliphatic hydroxyl groups is 1. The first-order valence-electron chi connectivity index (χ1n) is 12.1. The molecule has 7 nitrogen and oxygen atoms in total. The number of hydrogen-bond donors (Lipinski definition) is 3. The molecule has 2 atom stereocenters. The average Bonchev–Trinajstić information content (AvgIpc) is 3.73. The van der Waals surface area contributed by atoms with Gasteiger partial charge >= 0.3 is 6.18 Å². The van der Waals surface area contributed by atoms with Gasteiger partial charge in [0.1, 0.15) is 17.9 Å². The number of aliphatic imine (C=N–C) groups is 1. The third-order valence-corrected chi connectivity index (χ3v) is 6.24. The fourth-order valence-corrected chi connectivity index (χ4v) is 3.96. The summed E-state index contributed by atoms with van der Waals surface area (Å²) in [6, 6.07) is 7.66. The highest BCUT2D eigenvalue weighted by atomic mass is 19.4. The first kappa shape index (κ1) is 28.8. The number of carbonyl (C=O) groups excluding carboxylic acids is 2. The molecular formula is C27H30F4N4O3. The van der Waals surface area contributed by atoms with E-state index in [2.05, 4.69) is 5.32 Å². The van der Waals surface area contributed by atoms with Gasteiger partial charge in [0.2, 0.25) is 0 Å². The SMILES string of the molecule is CCN(C)C(=NC1CC1)/C(=C(\N)CO)C(c1ccc(F)cc1)C(C=O)NC(=O)c1cccc(C(F)(F)F)c1. The van der Waals surface area contributed by atoms with E-state index >= 15 is 0 Å². The molecule has 38 heavy (non-hydrogen) atoms. The number of nitrogens with two attached hydrogens (primary N) is 1. The van der Waals surface area contributed by atoms with Crippen LogP contribution in [0.15, 0.2) is 64.8 Å². The molecule has 3 rings (SSSR count). The predicted molar refractivity (Wildman–Crippen MR) is 135 cm³/mol. The number of alkyl halides is 3. The molecule has 0 bridgehead atoms. The quantitative estimate of drug-likeness (QED) is 0.187. The van der Waals surface area contributed by atoms with Crippen LogP contribution in [0.5, 0.6) is 0 Å². The van der Waals surface area contributed by atoms with E-state index in [1.165, 1.54) is 30.3 Å². The summed E-state index contributed by atoms with van der Waals surface area (Å²) in [5.74, 6) is -2.11. The lowest BCUT2D eigenvalue weighted by Gasteiger charge is -2.32. The van der Waals surface area contributed by atoms with Crippen LogP contribution in [0.2, 0.25) is 0 Å². The van der Waals surface area contributed by atoms with E-state index in [1.54, 1.807) is 11.9 Å². The number of amides is 1. The Labute approximate surface area is 218 Å². The fraction of sp³-hybridized carbons (Fsp3) is 0.370. The summed E-state index contributed by atoms with van der Waals surface area (Å²) < 4.78 is 53.4. The molecular weight excluding hydrogens is 504 g/mol. The minimum Gasteiger partial charge on any atom is -0.400 e. The van der Waals surface area contributed by atoms with Crippen molar-refractivity contribution in [1.82, 2.24) is 10.2 Å². The van der Waals surface area contributed by atoms with E-state index in [0.717, 1.165) is 25.0 Å². The van der Waals surface area contributed by atoms with Gasteiger partial charge in [0.15, 0.2) is 0 Å². The van der Waals surface area contributed by atoms with E-state index in [0.29, 0.717) is 30.3 Å². The van der Waals surface area contributed by atoms with Crippen molar-refractivity contribution in [2.24, 2.45) is 10.7 Å². The number of likely N-dealkylation sites (N-methyl/N-ethyl adjacent to an activating group) is 1. The zero-order valence-corrected chi connectivity index (χ0v) is 21.0. The maximum atomic E-state index is 13.8. The van der Waals surface area contributed by atoms with Gasteiger partial charge in [-0.1, -0.05) is 18.2 Å². The third kappa shape index (κ3) is 6.97. The molecule has 11 heteroatoms. The van der Waals surface area contributed by atoms with Gasteiger partial charge in [-0.25, -0.2) is 4.39 Å². The third-order valence-electron chi connectivity index (χ3n) is 6.24. The van der Waals surface area contributed by atoms with Crippen molar-refractivity contribution in [3.05, 3.63) is 82.3 Å². The Balaban J connectivity index is 2.13. The van der Waals surface area contributed by atoms with Crippen LogP contribution in [-0.4, -0.2) is 60.3 Å². The number of carbonyl (C=O) groups is 2. The summed E-state index contributed by atoms with van der Waals surface area (Å²) in [6.07, 6.45) is -2.54. The van der Waals surface area contributed by atoms with Gasteiger partial charge < -0.3 is 25.9 Å². The number of hydrogen-bond acceptors (Lipinski definition) is 5. The molecule has 0 radical (unpaired) electrons. The molecule has 1 amide bonds. The van der Waals surface area contributed by atoms with Gasteiger partial charge in [-0.15, -0.1) is 0 Å². The summed E-state index contributed by atoms with van der Waals surface area (Å²) in [4.78, 5) is 32.0. The molecule has 0 saturated heterocycles. The molecule has 0 spiro atoms. The van der Waals surface area contributed by atoms with E-state index in [9.17, 15) is 32.3 Å². The summed E-state index contributed by atoms with van der Waals surface area (Å²) >= 11 is 0. The number of rotatable bonds is 10. The Morgan fingerprint density at radius 2 is 1.89 bits per heavy atom. The van der Waals surface area contributed by atoms with Crippen LogP contribution < -0.4 is 11.1 Å². The van der Waals surface area contributed by atoms with Crippen LogP contribution in [-0.2, 0) is 11.0 Å². The molecule has 1 fully saturated rings. The molecule has 2 unspecified atom stereocenters. The highest BCUT2D eigenvalue weighted by molar-refractivity contribution is 6.02. The Kier molecular flexibility index (Phi) is 9.26. The van der Waals surface area contributed by atoms with Crippen LogP contribution in [0.25, 0.3) is 0 Å². The number of aliphatic hydroxyl groups excluding tert-OH is 1. The molecule has 2 aromatic carbocycles. The number of nitrogens with one attached hydrogen (secondary N) is 1. The van der Waals surface area contributed by atoms with Crippen molar-refractivity contribution < 1.29 is 32.3 Å². The molecule has 1 aliphatic rings. The van der Waals surface area contributed by atoms with Gasteiger partial charge in [0.25, 0.3) is 5.91 Å². The molecule has 0 aromatic heterocycles. The Hall–Kier alpha value is -3.73. The summed E-state index contributed by atoms with van der Waals surface area (Å²) in [6.45, 7) is 1.77. The van der Waals surface area contributed by atoms with Crippen molar-refractivity contribution in [2.45, 2.75) is 43.9 Å². The van der Waals surface area contributed by atoms with Crippen LogP contribution >= 0.6 is 0 Å². The smallest absolute Gasteiger partial charge is 0.400 e. The second-order valence-electron chi connectivity index (χ2n) is 9.04. The Morgan fingerprint density at radius 3 is 2.42 bits per heavy atom. The molecule has 1 aliphatic carbocycles. The number of amidine groups is 1. The monoisotopic (exact) mass is 534 g/mol. The first-order valence-corrected chi connectivity index (χ1v) is 12.1. The van der Waals surface area contributed by atoms with E-state index < -0.39 is 42.0 Å². The topological polar surface area (TPSA) is 108 Å². The molecule has 0 aliphatic heterocycles. The highest BCUT2D eigenvalue weighted by Gasteiger charge is 2.36. The van der Waals surface area contributed by atoms with Crippen LogP contribution in [0.3, 0.4) is 0 Å². The zero-order chi connectivity index (χ0) is 28.0. The van der Waals surface area contributed by atoms with E-state index in [1.807, 2.05) is 6.92 Å². The van der Waals surface area contributed by atoms with Gasteiger partial charge in [-0.05, 0) is 55.7 Å². The molecule has 2 aromatic rings. The van der Waals surface area contributed by atoms with E-state index in [4.69, 9.17) is 10.7 Å². The number of nitrogens with zero attached hydrogens (tertiary/aromatic N) is 2. The van der Waals surface area contributed by atoms with Crippen LogP contribution in [0, 0.1) is 5.82 Å². The van der Waals surface area contributed by atoms with Crippen molar-refractivity contribution >= 4 is 18.0 Å². The average molecular weight is 535 g/mol. The Bertz CT molecular complexity index is 1210. The zero-order valence-electron chi connectivity index (χ0n) is 21.0. The lowest BCUT2D eigenvalue weighted by molar-refractivity contribution is -0.137. The van der Waals surface area contributed by atoms with Crippen LogP contribution in [0.1, 0.15) is 47.2 Å². The van der Waals surface area contributed by atoms with Gasteiger partial charge in [-0.2, -0.15) is 13.2 Å². The van der Waals surface area contributed by atoms with Gasteiger partial charge in [0.05, 0.1) is 24.3 Å². The number of aldehydes is 1. The van der Waals surface area contributed by atoms with Gasteiger partial charge in [-0.3, -0.25) is 9.79 Å². The molecule has 0 heterocycles. The summed E-state index contributed by atoms with van der Waals surface area (Å²) in [5, 5.41) is 12.5. The normalized spacial score (nSPS) is 16.3. The standard InChI is InChI=1S/C27H30F4N4O3/c1-3-35(2)25(33-20-11-12-20)24(21(32)14-36)23(16-7-9-19(28)10-8-16)22(15-37)34-26(38)17-5-4-6-18(13-17)27(29,30)31/h4-10,13,15,20,22-23,36H,3,11-12,14,32H2,1-2H3,(H,34,38)/b24-21-,33-25?. The van der Waals surface area contributed by atoms with Crippen molar-refractivity contribution in [3.8, 4) is 0 Å². The lowest BCUT2D eigenvalue weighted by atomic mass is 9.82. The Morgan fingerprint density at radius 1 is 1.24 bits per heavy atom. The highest BCUT2D eigenvalue weighted by Crippen LogP contribution is 2.34. The lowest BCUT2D eigenvalue weighted by Crippen LogP contribution is -2.45. The number of halogens is 4. The van der Waals surface area contributed by atoms with Crippen molar-refractivity contribution in [2.75, 3.05) is 20.2 Å². The van der Waals surface area contributed by atoms with Crippen molar-refractivity contribution in [3.63, 3.8) is 0 Å². The first-order chi connectivity index (χ1) is 18.0. The van der Waals surface area contributed by atoms with Crippen molar-refractivity contribution in [1.29, 1.82) is 0 Å². The second kappa shape index (κ2) is 12.2. The van der Waals surface area contributed by atoms with Gasteiger partial charge in [0, 0.05) is 36.3 Å². The fourth-order valence-electron chi connectivity index (χ4n) is 3.96. The largest absolute Gasteiger partial charge is 0.416 e. The molecule has 1 saturated carbocycles. The maximum Gasteiger partial charge on any atom is 0.416 e.